The van der Waals surface area contributed by atoms with E-state index in [1.165, 1.54) is 18.3 Å². The van der Waals surface area contributed by atoms with Crippen LogP contribution < -0.4 is 17.0 Å². The number of rotatable bonds is 3. The Labute approximate surface area is 135 Å². The highest BCUT2D eigenvalue weighted by Gasteiger charge is 2.30. The summed E-state index contributed by atoms with van der Waals surface area (Å²) in [4.78, 5) is 24.2. The van der Waals surface area contributed by atoms with E-state index < -0.39 is 23.0 Å². The molecule has 0 bridgehead atoms. The van der Waals surface area contributed by atoms with Crippen molar-refractivity contribution in [2.75, 3.05) is 0 Å². The van der Waals surface area contributed by atoms with Crippen molar-refractivity contribution in [2.45, 2.75) is 26.2 Å². The van der Waals surface area contributed by atoms with Gasteiger partial charge in [0.1, 0.15) is 0 Å². The average Bonchev–Trinajstić information content (AvgIpc) is 2.47. The number of hydrogen-bond acceptors (Lipinski definition) is 3. The fourth-order valence-corrected chi connectivity index (χ4v) is 2.07. The number of nitrogens with zero attached hydrogens (tertiary/aromatic N) is 2. The minimum absolute atomic E-state index is 0. The van der Waals surface area contributed by atoms with Gasteiger partial charge in [0.2, 0.25) is 0 Å². The summed E-state index contributed by atoms with van der Waals surface area (Å²) >= 11 is 0. The number of nitrogens with two attached hydrogens (primary N) is 1. The summed E-state index contributed by atoms with van der Waals surface area (Å²) in [5.41, 5.74) is 3.99. The Kier molecular flexibility index (Phi) is 5.79. The number of aromatic nitrogens is 2. The van der Waals surface area contributed by atoms with Crippen molar-refractivity contribution >= 4 is 12.4 Å². The molecular formula is C14H15ClF3N3O2. The van der Waals surface area contributed by atoms with E-state index in [0.29, 0.717) is 0 Å². The van der Waals surface area contributed by atoms with Crippen LogP contribution in [0.2, 0.25) is 0 Å². The van der Waals surface area contributed by atoms with E-state index in [-0.39, 0.29) is 36.7 Å². The number of hydrogen-bond donors (Lipinski definition) is 1. The van der Waals surface area contributed by atoms with Crippen LogP contribution in [0.4, 0.5) is 13.2 Å². The summed E-state index contributed by atoms with van der Waals surface area (Å²) in [6.07, 6.45) is -3.19. The van der Waals surface area contributed by atoms with Crippen LogP contribution in [-0.4, -0.2) is 9.13 Å². The van der Waals surface area contributed by atoms with E-state index in [2.05, 4.69) is 0 Å². The van der Waals surface area contributed by atoms with Crippen LogP contribution >= 0.6 is 12.4 Å². The van der Waals surface area contributed by atoms with Crippen LogP contribution in [0.1, 0.15) is 18.1 Å². The third-order valence-corrected chi connectivity index (χ3v) is 3.25. The summed E-state index contributed by atoms with van der Waals surface area (Å²) in [6.45, 7) is 1.70. The second kappa shape index (κ2) is 7.01. The van der Waals surface area contributed by atoms with Crippen molar-refractivity contribution in [3.05, 3.63) is 62.4 Å². The maximum absolute atomic E-state index is 12.6. The Morgan fingerprint density at radius 2 is 1.70 bits per heavy atom. The molecule has 5 nitrogen and oxygen atoms in total. The van der Waals surface area contributed by atoms with Gasteiger partial charge in [-0.1, -0.05) is 0 Å². The second-order valence-electron chi connectivity index (χ2n) is 4.61. The third-order valence-electron chi connectivity index (χ3n) is 3.25. The first-order valence-corrected chi connectivity index (χ1v) is 6.52. The monoisotopic (exact) mass is 349 g/mol. The summed E-state index contributed by atoms with van der Waals surface area (Å²) in [5.74, 6) is 0. The van der Waals surface area contributed by atoms with Crippen molar-refractivity contribution in [1.82, 2.24) is 9.13 Å². The normalized spacial score (nSPS) is 11.2. The number of benzene rings is 1. The van der Waals surface area contributed by atoms with Gasteiger partial charge in [0.25, 0.3) is 5.56 Å². The molecule has 1 aromatic heterocycles. The fraction of sp³-hybridized carbons (Fsp3) is 0.286. The van der Waals surface area contributed by atoms with E-state index in [4.69, 9.17) is 5.73 Å². The fourth-order valence-electron chi connectivity index (χ4n) is 2.07. The van der Waals surface area contributed by atoms with Crippen molar-refractivity contribution in [3.63, 3.8) is 0 Å². The molecule has 0 aliphatic carbocycles. The van der Waals surface area contributed by atoms with Gasteiger partial charge in [0.15, 0.2) is 0 Å². The predicted molar refractivity (Wildman–Crippen MR) is 82.1 cm³/mol. The summed E-state index contributed by atoms with van der Waals surface area (Å²) in [6, 6.07) is 4.11. The van der Waals surface area contributed by atoms with Gasteiger partial charge >= 0.3 is 11.9 Å². The predicted octanol–water partition coefficient (Wildman–Crippen LogP) is 1.92. The van der Waals surface area contributed by atoms with Crippen molar-refractivity contribution in [1.29, 1.82) is 0 Å². The van der Waals surface area contributed by atoms with Crippen LogP contribution in [0.3, 0.4) is 0 Å². The van der Waals surface area contributed by atoms with Crippen LogP contribution in [-0.2, 0) is 19.3 Å². The standard InChI is InChI=1S/C14H14F3N3O2.ClH/c1-2-19-12(21)9(7-18)8-20(13(19)22)11-5-3-10(4-6-11)14(15,16)17;/h3-6,8H,2,7,18H2,1H3;1H. The molecule has 0 unspecified atom stereocenters. The third kappa shape index (κ3) is 3.65. The number of alkyl halides is 3. The zero-order valence-corrected chi connectivity index (χ0v) is 12.9. The first-order valence-electron chi connectivity index (χ1n) is 6.52. The van der Waals surface area contributed by atoms with Gasteiger partial charge in [0.05, 0.1) is 11.3 Å². The molecule has 0 atom stereocenters. The van der Waals surface area contributed by atoms with E-state index in [1.54, 1.807) is 6.92 Å². The van der Waals surface area contributed by atoms with E-state index >= 15 is 0 Å². The smallest absolute Gasteiger partial charge is 0.326 e. The van der Waals surface area contributed by atoms with Crippen molar-refractivity contribution in [2.24, 2.45) is 5.73 Å². The highest BCUT2D eigenvalue weighted by Crippen LogP contribution is 2.29. The minimum Gasteiger partial charge on any atom is -0.326 e. The lowest BCUT2D eigenvalue weighted by Crippen LogP contribution is -2.40. The van der Waals surface area contributed by atoms with Crippen molar-refractivity contribution < 1.29 is 13.2 Å². The molecule has 1 heterocycles. The maximum atomic E-state index is 12.6. The molecular weight excluding hydrogens is 335 g/mol. The molecule has 0 amide bonds. The van der Waals surface area contributed by atoms with Gasteiger partial charge in [-0.15, -0.1) is 12.4 Å². The van der Waals surface area contributed by atoms with Gasteiger partial charge in [-0.25, -0.2) is 4.79 Å². The van der Waals surface area contributed by atoms with Gasteiger partial charge in [-0.05, 0) is 31.2 Å². The van der Waals surface area contributed by atoms with E-state index in [0.717, 1.165) is 21.3 Å². The topological polar surface area (TPSA) is 70.0 Å². The molecule has 9 heteroatoms. The molecule has 0 saturated heterocycles. The first-order chi connectivity index (χ1) is 10.3. The molecule has 126 valence electrons. The van der Waals surface area contributed by atoms with Gasteiger partial charge in [-0.2, -0.15) is 13.2 Å². The molecule has 2 aromatic rings. The Balaban J connectivity index is 0.00000264. The molecule has 0 spiro atoms. The van der Waals surface area contributed by atoms with Crippen LogP contribution in [0.25, 0.3) is 5.69 Å². The summed E-state index contributed by atoms with van der Waals surface area (Å²) in [7, 11) is 0. The molecule has 0 radical (unpaired) electrons. The lowest BCUT2D eigenvalue weighted by Gasteiger charge is -2.12. The zero-order chi connectivity index (χ0) is 16.5. The maximum Gasteiger partial charge on any atom is 0.416 e. The van der Waals surface area contributed by atoms with E-state index in [9.17, 15) is 22.8 Å². The first kappa shape index (κ1) is 19.0. The highest BCUT2D eigenvalue weighted by atomic mass is 35.5. The largest absolute Gasteiger partial charge is 0.416 e. The number of halogens is 4. The lowest BCUT2D eigenvalue weighted by atomic mass is 10.2. The molecule has 2 rings (SSSR count). The SMILES string of the molecule is CCn1c(=O)c(CN)cn(-c2ccc(C(F)(F)F)cc2)c1=O.Cl. The molecule has 23 heavy (non-hydrogen) atoms. The summed E-state index contributed by atoms with van der Waals surface area (Å²) < 4.78 is 39.8. The van der Waals surface area contributed by atoms with Crippen molar-refractivity contribution in [3.8, 4) is 5.69 Å². The molecule has 1 aromatic carbocycles. The van der Waals surface area contributed by atoms with E-state index in [1.807, 2.05) is 0 Å². The zero-order valence-electron chi connectivity index (χ0n) is 12.1. The van der Waals surface area contributed by atoms with Gasteiger partial charge in [0, 0.05) is 24.8 Å². The summed E-state index contributed by atoms with van der Waals surface area (Å²) in [5, 5.41) is 0. The average molecular weight is 350 g/mol. The Morgan fingerprint density at radius 3 is 2.13 bits per heavy atom. The molecule has 0 fully saturated rings. The Morgan fingerprint density at radius 1 is 1.13 bits per heavy atom. The second-order valence-corrected chi connectivity index (χ2v) is 4.61. The van der Waals surface area contributed by atoms with Crippen LogP contribution in [0.15, 0.2) is 40.1 Å². The van der Waals surface area contributed by atoms with Gasteiger partial charge < -0.3 is 5.73 Å². The molecule has 2 N–H and O–H groups in total. The lowest BCUT2D eigenvalue weighted by molar-refractivity contribution is -0.137. The minimum atomic E-state index is -4.45. The quantitative estimate of drug-likeness (QED) is 0.920. The highest BCUT2D eigenvalue weighted by molar-refractivity contribution is 5.85. The Hall–Kier alpha value is -2.06. The van der Waals surface area contributed by atoms with Crippen LogP contribution in [0, 0.1) is 0 Å². The molecule has 0 saturated carbocycles. The van der Waals surface area contributed by atoms with Crippen LogP contribution in [0.5, 0.6) is 0 Å². The Bertz CT molecular complexity index is 795. The molecule has 0 aliphatic heterocycles. The molecule has 0 aliphatic rings. The van der Waals surface area contributed by atoms with Gasteiger partial charge in [-0.3, -0.25) is 13.9 Å².